The average molecular weight is 314 g/mol. The molecule has 0 saturated carbocycles. The van der Waals surface area contributed by atoms with E-state index in [0.717, 1.165) is 6.07 Å². The maximum atomic E-state index is 13.4. The normalized spacial score (nSPS) is 10.3. The van der Waals surface area contributed by atoms with Gasteiger partial charge in [-0.3, -0.25) is 10.1 Å². The zero-order chi connectivity index (χ0) is 15.4. The number of amides is 1. The Bertz CT molecular complexity index is 682. The van der Waals surface area contributed by atoms with Crippen molar-refractivity contribution in [2.45, 2.75) is 6.42 Å². The van der Waals surface area contributed by atoms with Gasteiger partial charge in [0.05, 0.1) is 13.5 Å². The van der Waals surface area contributed by atoms with Gasteiger partial charge in [0.25, 0.3) is 0 Å². The first kappa shape index (κ1) is 15.1. The van der Waals surface area contributed by atoms with Gasteiger partial charge in [0.1, 0.15) is 16.8 Å². The summed E-state index contributed by atoms with van der Waals surface area (Å²) in [5.41, 5.74) is 0.0582. The van der Waals surface area contributed by atoms with Crippen LogP contribution in [0, 0.1) is 11.6 Å². The van der Waals surface area contributed by atoms with Crippen molar-refractivity contribution >= 4 is 23.5 Å². The molecule has 0 bridgehead atoms. The molecule has 2 aromatic rings. The molecule has 0 aliphatic carbocycles. The van der Waals surface area contributed by atoms with Crippen LogP contribution in [0.15, 0.2) is 24.3 Å². The van der Waals surface area contributed by atoms with E-state index in [2.05, 4.69) is 15.3 Å². The fourth-order valence-electron chi connectivity index (χ4n) is 1.56. The van der Waals surface area contributed by atoms with Crippen molar-refractivity contribution < 1.29 is 18.3 Å². The minimum absolute atomic E-state index is 0.0582. The number of carbonyl (C=O) groups is 1. The number of benzene rings is 1. The van der Waals surface area contributed by atoms with Gasteiger partial charge in [0.15, 0.2) is 0 Å². The molecule has 0 radical (unpaired) electrons. The summed E-state index contributed by atoms with van der Waals surface area (Å²) in [7, 11) is 1.39. The average Bonchev–Trinajstić information content (AvgIpc) is 2.41. The monoisotopic (exact) mass is 313 g/mol. The molecule has 5 nitrogen and oxygen atoms in total. The van der Waals surface area contributed by atoms with Gasteiger partial charge >= 0.3 is 0 Å². The SMILES string of the molecule is COc1cc(Cl)nc(NC(=O)Cc2ccc(F)cc2F)n1. The second-order valence-corrected chi connectivity index (χ2v) is 4.40. The lowest BCUT2D eigenvalue weighted by Crippen LogP contribution is -2.17. The van der Waals surface area contributed by atoms with Gasteiger partial charge in [-0.05, 0) is 11.6 Å². The van der Waals surface area contributed by atoms with E-state index in [1.54, 1.807) is 0 Å². The molecule has 21 heavy (non-hydrogen) atoms. The molecule has 1 N–H and O–H groups in total. The predicted octanol–water partition coefficient (Wildman–Crippen LogP) is 2.60. The Morgan fingerprint density at radius 2 is 2.10 bits per heavy atom. The van der Waals surface area contributed by atoms with Crippen molar-refractivity contribution in [1.29, 1.82) is 0 Å². The van der Waals surface area contributed by atoms with Crippen LogP contribution in [-0.2, 0) is 11.2 Å². The molecule has 0 fully saturated rings. The van der Waals surface area contributed by atoms with E-state index in [1.165, 1.54) is 19.2 Å². The molecule has 1 amide bonds. The highest BCUT2D eigenvalue weighted by molar-refractivity contribution is 6.29. The minimum atomic E-state index is -0.797. The van der Waals surface area contributed by atoms with Gasteiger partial charge in [-0.1, -0.05) is 17.7 Å². The zero-order valence-electron chi connectivity index (χ0n) is 10.9. The number of methoxy groups -OCH3 is 1. The van der Waals surface area contributed by atoms with Crippen LogP contribution < -0.4 is 10.1 Å². The van der Waals surface area contributed by atoms with Crippen molar-refractivity contribution in [3.63, 3.8) is 0 Å². The van der Waals surface area contributed by atoms with Crippen molar-refractivity contribution in [2.75, 3.05) is 12.4 Å². The Kier molecular flexibility index (Phi) is 4.64. The van der Waals surface area contributed by atoms with Crippen LogP contribution in [0.2, 0.25) is 5.15 Å². The highest BCUT2D eigenvalue weighted by Gasteiger charge is 2.12. The van der Waals surface area contributed by atoms with Gasteiger partial charge in [0.2, 0.25) is 17.7 Å². The first-order valence-electron chi connectivity index (χ1n) is 5.80. The fourth-order valence-corrected chi connectivity index (χ4v) is 1.74. The molecule has 8 heteroatoms. The molecule has 0 atom stereocenters. The van der Waals surface area contributed by atoms with Crippen molar-refractivity contribution in [3.05, 3.63) is 46.6 Å². The van der Waals surface area contributed by atoms with E-state index in [4.69, 9.17) is 16.3 Å². The number of aromatic nitrogens is 2. The highest BCUT2D eigenvalue weighted by atomic mass is 35.5. The molecule has 1 aromatic heterocycles. The Labute approximate surface area is 123 Å². The van der Waals surface area contributed by atoms with Gasteiger partial charge in [0, 0.05) is 12.1 Å². The molecule has 0 aliphatic rings. The molecular weight excluding hydrogens is 304 g/mol. The molecule has 0 spiro atoms. The number of carbonyl (C=O) groups excluding carboxylic acids is 1. The molecule has 0 unspecified atom stereocenters. The lowest BCUT2D eigenvalue weighted by atomic mass is 10.1. The number of ether oxygens (including phenoxy) is 1. The molecule has 0 saturated heterocycles. The Balaban J connectivity index is 2.09. The molecule has 1 heterocycles. The second kappa shape index (κ2) is 6.45. The zero-order valence-corrected chi connectivity index (χ0v) is 11.6. The predicted molar refractivity (Wildman–Crippen MR) is 72.3 cm³/mol. The van der Waals surface area contributed by atoms with Crippen molar-refractivity contribution in [3.8, 4) is 5.88 Å². The van der Waals surface area contributed by atoms with Gasteiger partial charge < -0.3 is 4.74 Å². The molecule has 110 valence electrons. The number of anilines is 1. The highest BCUT2D eigenvalue weighted by Crippen LogP contribution is 2.16. The number of nitrogens with one attached hydrogen (secondary N) is 1. The van der Waals surface area contributed by atoms with Crippen LogP contribution in [0.25, 0.3) is 0 Å². The second-order valence-electron chi connectivity index (χ2n) is 4.02. The van der Waals surface area contributed by atoms with Gasteiger partial charge in [-0.15, -0.1) is 0 Å². The van der Waals surface area contributed by atoms with Crippen LogP contribution >= 0.6 is 11.6 Å². The quantitative estimate of drug-likeness (QED) is 0.881. The largest absolute Gasteiger partial charge is 0.481 e. The van der Waals surface area contributed by atoms with E-state index in [0.29, 0.717) is 6.07 Å². The van der Waals surface area contributed by atoms with E-state index in [1.807, 2.05) is 0 Å². The first-order chi connectivity index (χ1) is 9.97. The number of nitrogens with zero attached hydrogens (tertiary/aromatic N) is 2. The van der Waals surface area contributed by atoms with E-state index in [-0.39, 0.29) is 29.0 Å². The first-order valence-corrected chi connectivity index (χ1v) is 6.18. The molecule has 1 aromatic carbocycles. The number of hydrogen-bond acceptors (Lipinski definition) is 4. The number of halogens is 3. The third-order valence-corrected chi connectivity index (χ3v) is 2.69. The third kappa shape index (κ3) is 4.09. The van der Waals surface area contributed by atoms with Crippen LogP contribution in [0.5, 0.6) is 5.88 Å². The Morgan fingerprint density at radius 1 is 1.33 bits per heavy atom. The lowest BCUT2D eigenvalue weighted by molar-refractivity contribution is -0.115. The van der Waals surface area contributed by atoms with Crippen LogP contribution in [0.4, 0.5) is 14.7 Å². The maximum absolute atomic E-state index is 13.4. The summed E-state index contributed by atoms with van der Waals surface area (Å²) in [5, 5.41) is 2.45. The van der Waals surface area contributed by atoms with E-state index < -0.39 is 17.5 Å². The summed E-state index contributed by atoms with van der Waals surface area (Å²) in [6, 6.07) is 4.35. The number of hydrogen-bond donors (Lipinski definition) is 1. The lowest BCUT2D eigenvalue weighted by Gasteiger charge is -2.06. The van der Waals surface area contributed by atoms with Crippen LogP contribution in [0.1, 0.15) is 5.56 Å². The van der Waals surface area contributed by atoms with Crippen molar-refractivity contribution in [1.82, 2.24) is 9.97 Å². The Morgan fingerprint density at radius 3 is 2.76 bits per heavy atom. The maximum Gasteiger partial charge on any atom is 0.234 e. The third-order valence-electron chi connectivity index (χ3n) is 2.50. The standard InChI is InChI=1S/C13H10ClF2N3O2/c1-21-12-6-10(14)17-13(19-12)18-11(20)4-7-2-3-8(15)5-9(7)16/h2-3,5-6H,4H2,1H3,(H,17,18,19,20). The smallest absolute Gasteiger partial charge is 0.234 e. The summed E-state index contributed by atoms with van der Waals surface area (Å²) < 4.78 is 31.1. The van der Waals surface area contributed by atoms with Gasteiger partial charge in [-0.2, -0.15) is 4.98 Å². The number of rotatable bonds is 4. The summed E-state index contributed by atoms with van der Waals surface area (Å²) in [4.78, 5) is 19.4. The van der Waals surface area contributed by atoms with Crippen LogP contribution in [0.3, 0.4) is 0 Å². The van der Waals surface area contributed by atoms with Crippen LogP contribution in [-0.4, -0.2) is 23.0 Å². The summed E-state index contributed by atoms with van der Waals surface area (Å²) in [6.45, 7) is 0. The fraction of sp³-hybridized carbons (Fsp3) is 0.154. The van der Waals surface area contributed by atoms with Crippen molar-refractivity contribution in [2.24, 2.45) is 0 Å². The Hall–Kier alpha value is -2.28. The molecule has 2 rings (SSSR count). The summed E-state index contributed by atoms with van der Waals surface area (Å²) in [6.07, 6.45) is -0.287. The summed E-state index contributed by atoms with van der Waals surface area (Å²) >= 11 is 5.73. The molecule has 0 aliphatic heterocycles. The summed E-state index contributed by atoms with van der Waals surface area (Å²) in [5.74, 6) is -1.95. The molecular formula is C13H10ClF2N3O2. The topological polar surface area (TPSA) is 64.1 Å². The van der Waals surface area contributed by atoms with E-state index >= 15 is 0 Å². The van der Waals surface area contributed by atoms with Gasteiger partial charge in [-0.25, -0.2) is 13.8 Å². The minimum Gasteiger partial charge on any atom is -0.481 e. The van der Waals surface area contributed by atoms with E-state index in [9.17, 15) is 13.6 Å².